The average Bonchev–Trinajstić information content (AvgIpc) is 3.35. The fourth-order valence-corrected chi connectivity index (χ4v) is 3.19. The lowest BCUT2D eigenvalue weighted by Gasteiger charge is -2.12. The summed E-state index contributed by atoms with van der Waals surface area (Å²) < 4.78 is 40.2. The lowest BCUT2D eigenvalue weighted by molar-refractivity contribution is -0.137. The Labute approximate surface area is 167 Å². The van der Waals surface area contributed by atoms with Crippen molar-refractivity contribution in [3.8, 4) is 17.2 Å². The van der Waals surface area contributed by atoms with Gasteiger partial charge in [-0.05, 0) is 30.3 Å². The first-order chi connectivity index (χ1) is 13.9. The van der Waals surface area contributed by atoms with Gasteiger partial charge in [0.25, 0.3) is 0 Å². The first kappa shape index (κ1) is 18.8. The third kappa shape index (κ3) is 3.60. The van der Waals surface area contributed by atoms with Gasteiger partial charge in [0.15, 0.2) is 0 Å². The molecular weight excluding hydrogens is 403 g/mol. The van der Waals surface area contributed by atoms with Crippen molar-refractivity contribution in [1.82, 2.24) is 20.2 Å². The van der Waals surface area contributed by atoms with Gasteiger partial charge in [-0.25, -0.2) is 4.98 Å². The van der Waals surface area contributed by atoms with Crippen molar-refractivity contribution in [1.29, 1.82) is 5.26 Å². The summed E-state index contributed by atoms with van der Waals surface area (Å²) in [6, 6.07) is 6.85. The Bertz CT molecular complexity index is 1260. The zero-order chi connectivity index (χ0) is 20.6. The molecule has 1 aromatic carbocycles. The second-order valence-corrected chi connectivity index (χ2v) is 6.65. The number of H-pyrrole nitrogens is 2. The third-order valence-corrected chi connectivity index (χ3v) is 4.63. The van der Waals surface area contributed by atoms with Crippen LogP contribution in [0.1, 0.15) is 16.7 Å². The van der Waals surface area contributed by atoms with Crippen molar-refractivity contribution in [2.24, 2.45) is 0 Å². The third-order valence-electron chi connectivity index (χ3n) is 4.39. The highest BCUT2D eigenvalue weighted by Gasteiger charge is 2.34. The number of nitriles is 1. The molecule has 0 aliphatic carbocycles. The number of aromatic amines is 2. The van der Waals surface area contributed by atoms with Crippen LogP contribution in [0.4, 0.5) is 13.2 Å². The van der Waals surface area contributed by atoms with Crippen molar-refractivity contribution in [3.05, 3.63) is 70.8 Å². The minimum atomic E-state index is -4.62. The van der Waals surface area contributed by atoms with Crippen LogP contribution < -0.4 is 0 Å². The van der Waals surface area contributed by atoms with Gasteiger partial charge in [-0.2, -0.15) is 23.5 Å². The number of alkyl halides is 3. The zero-order valence-corrected chi connectivity index (χ0v) is 15.3. The van der Waals surface area contributed by atoms with E-state index in [0.717, 1.165) is 29.3 Å². The summed E-state index contributed by atoms with van der Waals surface area (Å²) in [5, 5.41) is 16.9. The average molecular weight is 414 g/mol. The van der Waals surface area contributed by atoms with E-state index in [0.29, 0.717) is 16.6 Å². The maximum atomic E-state index is 13.4. The summed E-state index contributed by atoms with van der Waals surface area (Å²) in [5.41, 5.74) is 1.30. The van der Waals surface area contributed by atoms with E-state index in [1.165, 1.54) is 6.08 Å². The van der Waals surface area contributed by atoms with Gasteiger partial charge in [0.05, 0.1) is 23.4 Å². The molecule has 0 spiro atoms. The van der Waals surface area contributed by atoms with Crippen LogP contribution in [0.3, 0.4) is 0 Å². The molecule has 0 aliphatic rings. The number of halogens is 4. The fraction of sp³-hybridized carbons (Fsp3) is 0.0500. The molecule has 0 saturated heterocycles. The van der Waals surface area contributed by atoms with Gasteiger partial charge in [-0.15, -0.1) is 0 Å². The molecule has 0 saturated carbocycles. The Morgan fingerprint density at radius 2 is 1.97 bits per heavy atom. The number of nitrogens with zero attached hydrogens (tertiary/aromatic N) is 3. The molecule has 4 rings (SSSR count). The molecule has 0 atom stereocenters. The van der Waals surface area contributed by atoms with Gasteiger partial charge in [0, 0.05) is 51.3 Å². The van der Waals surface area contributed by atoms with E-state index < -0.39 is 11.7 Å². The van der Waals surface area contributed by atoms with Gasteiger partial charge in [0.1, 0.15) is 5.65 Å². The number of hydrogen-bond donors (Lipinski definition) is 2. The quantitative estimate of drug-likeness (QED) is 0.423. The van der Waals surface area contributed by atoms with Crippen molar-refractivity contribution in [2.75, 3.05) is 0 Å². The highest BCUT2D eigenvalue weighted by atomic mass is 35.5. The van der Waals surface area contributed by atoms with Crippen LogP contribution in [0, 0.1) is 11.3 Å². The molecule has 29 heavy (non-hydrogen) atoms. The van der Waals surface area contributed by atoms with Crippen LogP contribution in [-0.2, 0) is 6.18 Å². The van der Waals surface area contributed by atoms with E-state index in [9.17, 15) is 18.4 Å². The van der Waals surface area contributed by atoms with Crippen molar-refractivity contribution in [2.45, 2.75) is 6.18 Å². The van der Waals surface area contributed by atoms with Crippen molar-refractivity contribution in [3.63, 3.8) is 0 Å². The lowest BCUT2D eigenvalue weighted by atomic mass is 9.98. The molecule has 0 radical (unpaired) electrons. The Kier molecular flexibility index (Phi) is 4.60. The maximum Gasteiger partial charge on any atom is 0.417 e. The summed E-state index contributed by atoms with van der Waals surface area (Å²) in [6.45, 7) is 0. The molecule has 0 bridgehead atoms. The van der Waals surface area contributed by atoms with E-state index in [2.05, 4.69) is 20.2 Å². The predicted octanol–water partition coefficient (Wildman–Crippen LogP) is 5.69. The highest BCUT2D eigenvalue weighted by Crippen LogP contribution is 2.37. The topological polar surface area (TPSA) is 81.2 Å². The van der Waals surface area contributed by atoms with E-state index in [1.807, 2.05) is 12.1 Å². The van der Waals surface area contributed by atoms with Gasteiger partial charge in [0.2, 0.25) is 0 Å². The molecule has 144 valence electrons. The Balaban J connectivity index is 1.87. The molecular formula is C20H11ClF3N5. The van der Waals surface area contributed by atoms with Gasteiger partial charge >= 0.3 is 6.18 Å². The first-order valence-electron chi connectivity index (χ1n) is 8.32. The molecule has 0 amide bonds. The Morgan fingerprint density at radius 3 is 2.66 bits per heavy atom. The number of nitrogens with one attached hydrogen (secondary N) is 2. The van der Waals surface area contributed by atoms with Gasteiger partial charge in [-0.1, -0.05) is 11.6 Å². The number of allylic oxidation sites excluding steroid dienone is 1. The van der Waals surface area contributed by atoms with E-state index >= 15 is 0 Å². The van der Waals surface area contributed by atoms with Crippen LogP contribution in [0.25, 0.3) is 33.8 Å². The summed E-state index contributed by atoms with van der Waals surface area (Å²) in [7, 11) is 0. The van der Waals surface area contributed by atoms with Crippen LogP contribution >= 0.6 is 11.6 Å². The largest absolute Gasteiger partial charge is 0.417 e. The fourth-order valence-electron chi connectivity index (χ4n) is 3.02. The van der Waals surface area contributed by atoms with E-state index in [1.54, 1.807) is 24.8 Å². The molecule has 0 fully saturated rings. The van der Waals surface area contributed by atoms with Crippen LogP contribution in [-0.4, -0.2) is 20.2 Å². The second kappa shape index (κ2) is 7.11. The molecule has 3 aromatic heterocycles. The summed E-state index contributed by atoms with van der Waals surface area (Å²) in [6.07, 6.45) is 3.35. The minimum Gasteiger partial charge on any atom is -0.346 e. The highest BCUT2D eigenvalue weighted by molar-refractivity contribution is 6.30. The standard InChI is InChI=1S/C20H11ClF3N5/c21-15-1-2-18(20(22,23)24)16(5-15)11(6-25)3-13-8-27-19-17(13)4-12(7-26-19)14-9-28-29-10-14/h1-5,7-10H,(H,26,27)(H,28,29)/b11-3+. The first-order valence-corrected chi connectivity index (χ1v) is 8.70. The SMILES string of the molecule is N#C/C(=C\c1c[nH]c2ncc(-c3cn[nH]c3)cc12)c1cc(Cl)ccc1C(F)(F)F. The Hall–Kier alpha value is -3.57. The lowest BCUT2D eigenvalue weighted by Crippen LogP contribution is -2.08. The van der Waals surface area contributed by atoms with Crippen LogP contribution in [0.15, 0.2) is 49.1 Å². The summed E-state index contributed by atoms with van der Waals surface area (Å²) in [5.74, 6) is 0. The van der Waals surface area contributed by atoms with Gasteiger partial charge in [-0.3, -0.25) is 5.10 Å². The Morgan fingerprint density at radius 1 is 1.14 bits per heavy atom. The number of fused-ring (bicyclic) bond motifs is 1. The van der Waals surface area contributed by atoms with E-state index in [4.69, 9.17) is 11.6 Å². The second-order valence-electron chi connectivity index (χ2n) is 6.21. The molecule has 4 aromatic rings. The van der Waals surface area contributed by atoms with Crippen LogP contribution in [0.2, 0.25) is 5.02 Å². The minimum absolute atomic E-state index is 0.108. The molecule has 2 N–H and O–H groups in total. The number of benzene rings is 1. The molecule has 3 heterocycles. The predicted molar refractivity (Wildman–Crippen MR) is 104 cm³/mol. The molecule has 0 unspecified atom stereocenters. The van der Waals surface area contributed by atoms with Crippen molar-refractivity contribution < 1.29 is 13.2 Å². The van der Waals surface area contributed by atoms with Crippen molar-refractivity contribution >= 4 is 34.3 Å². The monoisotopic (exact) mass is 413 g/mol. The smallest absolute Gasteiger partial charge is 0.346 e. The number of hydrogen-bond acceptors (Lipinski definition) is 3. The van der Waals surface area contributed by atoms with Crippen LogP contribution in [0.5, 0.6) is 0 Å². The number of rotatable bonds is 3. The maximum absolute atomic E-state index is 13.4. The number of pyridine rings is 1. The summed E-state index contributed by atoms with van der Waals surface area (Å²) in [4.78, 5) is 7.29. The number of aromatic nitrogens is 4. The summed E-state index contributed by atoms with van der Waals surface area (Å²) >= 11 is 5.89. The van der Waals surface area contributed by atoms with E-state index in [-0.39, 0.29) is 16.2 Å². The molecule has 9 heteroatoms. The van der Waals surface area contributed by atoms with Gasteiger partial charge < -0.3 is 4.98 Å². The zero-order valence-electron chi connectivity index (χ0n) is 14.5. The molecule has 5 nitrogen and oxygen atoms in total. The normalized spacial score (nSPS) is 12.3. The molecule has 0 aliphatic heterocycles.